The van der Waals surface area contributed by atoms with E-state index in [4.69, 9.17) is 0 Å². The summed E-state index contributed by atoms with van der Waals surface area (Å²) < 4.78 is 0. The molecule has 0 radical (unpaired) electrons. The van der Waals surface area contributed by atoms with E-state index in [0.29, 0.717) is 0 Å². The van der Waals surface area contributed by atoms with Crippen molar-refractivity contribution in [1.29, 1.82) is 0 Å². The molecule has 0 aliphatic rings. The van der Waals surface area contributed by atoms with Gasteiger partial charge in [0.15, 0.2) is 7.55 Å². The molecular weight excluding hydrogens is 95.0 g/mol. The van der Waals surface area contributed by atoms with Crippen molar-refractivity contribution in [3.8, 4) is 0 Å². The van der Waals surface area contributed by atoms with Crippen molar-refractivity contribution >= 4 is 19.4 Å². The van der Waals surface area contributed by atoms with Crippen LogP contribution in [0.2, 0.25) is 0 Å². The van der Waals surface area contributed by atoms with Gasteiger partial charge in [0.2, 0.25) is 0 Å². The van der Waals surface area contributed by atoms with Crippen molar-refractivity contribution in [3.05, 3.63) is 0 Å². The molecule has 0 aromatic carbocycles. The predicted octanol–water partition coefficient (Wildman–Crippen LogP) is 1.08. The third-order valence-electron chi connectivity index (χ3n) is 0.538. The Morgan fingerprint density at radius 1 is 1.83 bits per heavy atom. The van der Waals surface area contributed by atoms with Gasteiger partial charge in [-0.3, -0.25) is 0 Å². The summed E-state index contributed by atoms with van der Waals surface area (Å²) in [4.78, 5) is 10.1. The molecule has 0 saturated carbocycles. The van der Waals surface area contributed by atoms with Crippen LogP contribution in [0.25, 0.3) is 0 Å². The summed E-state index contributed by atoms with van der Waals surface area (Å²) in [5.74, 6) is 0. The second kappa shape index (κ2) is 2.09. The van der Waals surface area contributed by atoms with E-state index < -0.39 is 7.55 Å². The summed E-state index contributed by atoms with van der Waals surface area (Å²) in [6.07, 6.45) is 3.55. The summed E-state index contributed by atoms with van der Waals surface area (Å²) in [6.45, 7) is 3.41. The van der Waals surface area contributed by atoms with Crippen molar-refractivity contribution in [2.75, 3.05) is 6.66 Å². The lowest BCUT2D eigenvalue weighted by molar-refractivity contribution is -0.109. The molecule has 6 heavy (non-hydrogen) atoms. The second-order valence-electron chi connectivity index (χ2n) is 1.22. The number of rotatable bonds is 1. The largest absolute Gasteiger partial charge is 0.318 e. The summed E-state index contributed by atoms with van der Waals surface area (Å²) in [5, 5.41) is 0. The summed E-state index contributed by atoms with van der Waals surface area (Å²) >= 11 is 0. The Balaban J connectivity index is 3.57. The SMILES string of the molecule is C=[P+](C)C(C)=O. The molecule has 0 rings (SSSR count). The Bertz CT molecular complexity index is 73.5. The van der Waals surface area contributed by atoms with Gasteiger partial charge in [0.25, 0.3) is 0 Å². The first-order chi connectivity index (χ1) is 2.64. The Kier molecular flexibility index (Phi) is 2.04. The van der Waals surface area contributed by atoms with Crippen LogP contribution in [0.3, 0.4) is 0 Å². The normalized spacial score (nSPS) is 10.7. The molecule has 0 aromatic rings. The van der Waals surface area contributed by atoms with Crippen LogP contribution < -0.4 is 0 Å². The van der Waals surface area contributed by atoms with Crippen molar-refractivity contribution in [3.63, 3.8) is 0 Å². The number of carbonyl (C=O) groups excluding carboxylic acids is 1. The fourth-order valence-electron chi connectivity index (χ4n) is 0. The van der Waals surface area contributed by atoms with E-state index >= 15 is 0 Å². The fourth-order valence-corrected chi connectivity index (χ4v) is 0. The van der Waals surface area contributed by atoms with Gasteiger partial charge in [-0.1, -0.05) is 0 Å². The topological polar surface area (TPSA) is 17.1 Å². The Morgan fingerprint density at radius 3 is 2.00 bits per heavy atom. The average molecular weight is 103 g/mol. The van der Waals surface area contributed by atoms with Gasteiger partial charge in [0.05, 0.1) is 6.30 Å². The highest BCUT2D eigenvalue weighted by Gasteiger charge is 2.00. The molecule has 0 amide bonds. The minimum Gasteiger partial charge on any atom is -0.245 e. The Hall–Kier alpha value is -0.160. The van der Waals surface area contributed by atoms with E-state index in [-0.39, 0.29) is 5.52 Å². The maximum Gasteiger partial charge on any atom is 0.318 e. The Labute approximate surface area is 38.8 Å². The molecule has 0 aliphatic carbocycles. The molecule has 0 heterocycles. The van der Waals surface area contributed by atoms with Gasteiger partial charge in [-0.15, -0.1) is 0 Å². The number of carbonyl (C=O) groups is 1. The zero-order chi connectivity index (χ0) is 5.15. The quantitative estimate of drug-likeness (QED) is 0.454. The van der Waals surface area contributed by atoms with Gasteiger partial charge >= 0.3 is 5.52 Å². The first-order valence-electron chi connectivity index (χ1n) is 1.69. The van der Waals surface area contributed by atoms with Crippen LogP contribution in [0, 0.1) is 0 Å². The highest BCUT2D eigenvalue weighted by atomic mass is 31.1. The molecule has 1 unspecified atom stereocenters. The predicted molar refractivity (Wildman–Crippen MR) is 30.6 cm³/mol. The van der Waals surface area contributed by atoms with Crippen LogP contribution in [-0.2, 0) is 4.79 Å². The molecular formula is C4H8OP+. The van der Waals surface area contributed by atoms with Crippen molar-refractivity contribution in [2.45, 2.75) is 6.92 Å². The first-order valence-corrected chi connectivity index (χ1v) is 3.67. The molecule has 2 heteroatoms. The molecule has 0 bridgehead atoms. The lowest BCUT2D eigenvalue weighted by Crippen LogP contribution is -1.74. The van der Waals surface area contributed by atoms with Crippen LogP contribution in [0.15, 0.2) is 0 Å². The summed E-state index contributed by atoms with van der Waals surface area (Å²) in [6, 6.07) is 0. The van der Waals surface area contributed by atoms with E-state index in [1.807, 2.05) is 6.66 Å². The van der Waals surface area contributed by atoms with Crippen molar-refractivity contribution in [1.82, 2.24) is 0 Å². The monoisotopic (exact) mass is 103 g/mol. The van der Waals surface area contributed by atoms with Gasteiger partial charge in [0.1, 0.15) is 6.66 Å². The first kappa shape index (κ1) is 5.84. The average Bonchev–Trinajstić information content (AvgIpc) is 1.36. The summed E-state index contributed by atoms with van der Waals surface area (Å²) in [7, 11) is -0.548. The minimum absolute atomic E-state index is 0.213. The van der Waals surface area contributed by atoms with Crippen LogP contribution >= 0.6 is 7.55 Å². The third kappa shape index (κ3) is 2.10. The molecule has 0 aliphatic heterocycles. The molecule has 0 fully saturated rings. The molecule has 0 N–H and O–H groups in total. The molecule has 0 saturated heterocycles. The third-order valence-corrected chi connectivity index (χ3v) is 1.61. The maximum absolute atomic E-state index is 10.1. The van der Waals surface area contributed by atoms with E-state index in [1.165, 1.54) is 0 Å². The van der Waals surface area contributed by atoms with Crippen molar-refractivity contribution < 1.29 is 4.79 Å². The lowest BCUT2D eigenvalue weighted by atomic mass is 10.9. The number of hydrogen-bond donors (Lipinski definition) is 0. The summed E-state index contributed by atoms with van der Waals surface area (Å²) in [5.41, 5.74) is 0.213. The van der Waals surface area contributed by atoms with E-state index in [2.05, 4.69) is 6.30 Å². The van der Waals surface area contributed by atoms with Gasteiger partial charge < -0.3 is 0 Å². The van der Waals surface area contributed by atoms with Gasteiger partial charge in [-0.05, 0) is 0 Å². The maximum atomic E-state index is 10.1. The zero-order valence-electron chi connectivity index (χ0n) is 4.06. The smallest absolute Gasteiger partial charge is 0.245 e. The lowest BCUT2D eigenvalue weighted by Gasteiger charge is -1.66. The van der Waals surface area contributed by atoms with Crippen LogP contribution in [0.4, 0.5) is 0 Å². The Morgan fingerprint density at radius 2 is 2.00 bits per heavy atom. The fraction of sp³-hybridized carbons (Fsp3) is 0.500. The highest BCUT2D eigenvalue weighted by molar-refractivity contribution is 7.71. The van der Waals surface area contributed by atoms with E-state index in [1.54, 1.807) is 6.92 Å². The molecule has 1 nitrogen and oxygen atoms in total. The van der Waals surface area contributed by atoms with E-state index in [0.717, 1.165) is 0 Å². The van der Waals surface area contributed by atoms with Gasteiger partial charge in [-0.2, -0.15) is 0 Å². The second-order valence-corrected chi connectivity index (χ2v) is 3.24. The minimum atomic E-state index is -0.548. The van der Waals surface area contributed by atoms with Crippen molar-refractivity contribution in [2.24, 2.45) is 0 Å². The van der Waals surface area contributed by atoms with Gasteiger partial charge in [0, 0.05) is 6.92 Å². The van der Waals surface area contributed by atoms with E-state index in [9.17, 15) is 4.79 Å². The number of hydrogen-bond acceptors (Lipinski definition) is 1. The molecule has 0 spiro atoms. The van der Waals surface area contributed by atoms with Crippen LogP contribution in [0.1, 0.15) is 6.92 Å². The molecule has 1 atom stereocenters. The molecule has 34 valence electrons. The van der Waals surface area contributed by atoms with Gasteiger partial charge in [-0.25, -0.2) is 4.79 Å². The zero-order valence-corrected chi connectivity index (χ0v) is 4.96. The van der Waals surface area contributed by atoms with Crippen LogP contribution in [0.5, 0.6) is 0 Å². The highest BCUT2D eigenvalue weighted by Crippen LogP contribution is 2.11. The standard InChI is InChI=1S/C4H8OP/c1-4(5)6(2)3/h2H2,1,3H3/q+1. The van der Waals surface area contributed by atoms with Crippen LogP contribution in [-0.4, -0.2) is 18.5 Å². The molecule has 0 aromatic heterocycles.